The number of hydrogen-bond donors (Lipinski definition) is 1. The Labute approximate surface area is 147 Å². The summed E-state index contributed by atoms with van der Waals surface area (Å²) in [6.45, 7) is 1.85. The van der Waals surface area contributed by atoms with E-state index in [2.05, 4.69) is 20.1 Å². The molecule has 124 valence electrons. The van der Waals surface area contributed by atoms with E-state index in [1.165, 1.54) is 35.4 Å². The molecule has 0 saturated heterocycles. The third-order valence-corrected chi connectivity index (χ3v) is 5.31. The number of thiazole rings is 1. The molecule has 11 heteroatoms. The Morgan fingerprint density at radius 3 is 3.04 bits per heavy atom. The zero-order chi connectivity index (χ0) is 17.6. The van der Waals surface area contributed by atoms with Gasteiger partial charge in [0.1, 0.15) is 11.6 Å². The van der Waals surface area contributed by atoms with E-state index in [1.54, 1.807) is 4.40 Å². The van der Waals surface area contributed by atoms with E-state index in [9.17, 15) is 9.59 Å². The molecular weight excluding hydrogens is 362 g/mol. The van der Waals surface area contributed by atoms with E-state index in [1.807, 2.05) is 18.4 Å². The standard InChI is InChI=1S/C14H9N7O2S2/c1-7-5-25-14-17-9(2-10(22)20(7)14)6-24-12-18-11-8(3-15)4-16-21(11)13(23)19-12/h2,4-5H,6H2,1H3,(H,18,19,23). The number of aromatic nitrogens is 6. The number of aryl methyl sites for hydroxylation is 1. The van der Waals surface area contributed by atoms with E-state index >= 15 is 0 Å². The van der Waals surface area contributed by atoms with E-state index in [-0.39, 0.29) is 16.8 Å². The summed E-state index contributed by atoms with van der Waals surface area (Å²) in [4.78, 5) is 36.1. The van der Waals surface area contributed by atoms with Crippen molar-refractivity contribution in [2.75, 3.05) is 0 Å². The predicted octanol–water partition coefficient (Wildman–Crippen LogP) is 0.959. The fraction of sp³-hybridized carbons (Fsp3) is 0.143. The van der Waals surface area contributed by atoms with Crippen molar-refractivity contribution < 1.29 is 0 Å². The molecular formula is C14H9N7O2S2. The molecule has 0 aliphatic heterocycles. The first-order chi connectivity index (χ1) is 12.1. The van der Waals surface area contributed by atoms with Crippen molar-refractivity contribution in [3.63, 3.8) is 0 Å². The summed E-state index contributed by atoms with van der Waals surface area (Å²) in [5.74, 6) is 0.359. The van der Waals surface area contributed by atoms with Gasteiger partial charge in [-0.15, -0.1) is 11.3 Å². The smallest absolute Gasteiger partial charge is 0.285 e. The topological polar surface area (TPSA) is 121 Å². The van der Waals surface area contributed by atoms with Crippen LogP contribution in [-0.2, 0) is 5.75 Å². The van der Waals surface area contributed by atoms with Crippen LogP contribution in [0.2, 0.25) is 0 Å². The maximum atomic E-state index is 12.2. The Kier molecular flexibility index (Phi) is 3.63. The largest absolute Gasteiger partial charge is 0.350 e. The van der Waals surface area contributed by atoms with Crippen molar-refractivity contribution in [2.24, 2.45) is 0 Å². The number of hydrogen-bond acceptors (Lipinski definition) is 8. The maximum absolute atomic E-state index is 12.2. The first kappa shape index (κ1) is 15.6. The van der Waals surface area contributed by atoms with Crippen LogP contribution in [0.25, 0.3) is 10.6 Å². The lowest BCUT2D eigenvalue weighted by Gasteiger charge is -2.02. The van der Waals surface area contributed by atoms with Crippen LogP contribution in [0.1, 0.15) is 17.0 Å². The average molecular weight is 371 g/mol. The minimum absolute atomic E-state index is 0.140. The number of rotatable bonds is 3. The quantitative estimate of drug-likeness (QED) is 0.532. The van der Waals surface area contributed by atoms with Gasteiger partial charge >= 0.3 is 5.69 Å². The summed E-state index contributed by atoms with van der Waals surface area (Å²) < 4.78 is 2.59. The van der Waals surface area contributed by atoms with Gasteiger partial charge in [0, 0.05) is 22.9 Å². The lowest BCUT2D eigenvalue weighted by atomic mass is 10.4. The summed E-state index contributed by atoms with van der Waals surface area (Å²) in [6, 6.07) is 3.41. The van der Waals surface area contributed by atoms with Gasteiger partial charge in [0.15, 0.2) is 15.8 Å². The van der Waals surface area contributed by atoms with Crippen molar-refractivity contribution in [3.8, 4) is 6.07 Å². The van der Waals surface area contributed by atoms with Gasteiger partial charge in [0.05, 0.1) is 11.9 Å². The maximum Gasteiger partial charge on any atom is 0.350 e. The minimum atomic E-state index is -0.480. The zero-order valence-electron chi connectivity index (χ0n) is 12.8. The second-order valence-corrected chi connectivity index (χ2v) is 6.92. The highest BCUT2D eigenvalue weighted by Crippen LogP contribution is 2.19. The summed E-state index contributed by atoms with van der Waals surface area (Å²) in [6.07, 6.45) is 1.29. The molecule has 0 saturated carbocycles. The van der Waals surface area contributed by atoms with Gasteiger partial charge in [-0.25, -0.2) is 14.8 Å². The normalized spacial score (nSPS) is 11.2. The third kappa shape index (κ3) is 2.61. The minimum Gasteiger partial charge on any atom is -0.285 e. The van der Waals surface area contributed by atoms with E-state index in [0.717, 1.165) is 10.2 Å². The molecule has 0 amide bonds. The van der Waals surface area contributed by atoms with Gasteiger partial charge < -0.3 is 0 Å². The van der Waals surface area contributed by atoms with Crippen LogP contribution >= 0.6 is 23.1 Å². The van der Waals surface area contributed by atoms with Crippen molar-refractivity contribution in [1.82, 2.24) is 29.0 Å². The SMILES string of the molecule is Cc1csc2nc(CSc3nc4c(C#N)cnn4c(=O)[nH]3)cc(=O)n12. The number of nitrogens with one attached hydrogen (secondary N) is 1. The van der Waals surface area contributed by atoms with E-state index < -0.39 is 5.69 Å². The highest BCUT2D eigenvalue weighted by atomic mass is 32.2. The third-order valence-electron chi connectivity index (χ3n) is 3.46. The van der Waals surface area contributed by atoms with Gasteiger partial charge in [-0.2, -0.15) is 14.9 Å². The molecule has 0 bridgehead atoms. The Morgan fingerprint density at radius 2 is 2.24 bits per heavy atom. The number of thioether (sulfide) groups is 1. The first-order valence-electron chi connectivity index (χ1n) is 7.04. The number of nitrogens with zero attached hydrogens (tertiary/aromatic N) is 6. The van der Waals surface area contributed by atoms with Crippen molar-refractivity contribution in [3.05, 3.63) is 55.4 Å². The van der Waals surface area contributed by atoms with Crippen LogP contribution in [0, 0.1) is 18.3 Å². The van der Waals surface area contributed by atoms with Gasteiger partial charge in [-0.1, -0.05) is 11.8 Å². The Morgan fingerprint density at radius 1 is 1.40 bits per heavy atom. The molecule has 0 unspecified atom stereocenters. The molecule has 4 rings (SSSR count). The lowest BCUT2D eigenvalue weighted by molar-refractivity contribution is 0.786. The van der Waals surface area contributed by atoms with Crippen LogP contribution < -0.4 is 11.2 Å². The Hall–Kier alpha value is -2.97. The highest BCUT2D eigenvalue weighted by Gasteiger charge is 2.11. The molecule has 4 aromatic rings. The first-order valence-corrected chi connectivity index (χ1v) is 8.91. The predicted molar refractivity (Wildman–Crippen MR) is 92.0 cm³/mol. The number of H-pyrrole nitrogens is 1. The number of fused-ring (bicyclic) bond motifs is 2. The van der Waals surface area contributed by atoms with Crippen LogP contribution in [-0.4, -0.2) is 29.0 Å². The van der Waals surface area contributed by atoms with Crippen LogP contribution in [0.3, 0.4) is 0 Å². The fourth-order valence-corrected chi connectivity index (χ4v) is 3.96. The molecule has 0 atom stereocenters. The molecule has 0 spiro atoms. The number of aromatic amines is 1. The molecule has 25 heavy (non-hydrogen) atoms. The molecule has 9 nitrogen and oxygen atoms in total. The van der Waals surface area contributed by atoms with Gasteiger partial charge in [0.25, 0.3) is 5.56 Å². The molecule has 0 fully saturated rings. The summed E-state index contributed by atoms with van der Waals surface area (Å²) in [5, 5.41) is 15.1. The second kappa shape index (κ2) is 5.83. The monoisotopic (exact) mass is 371 g/mol. The molecule has 0 aliphatic carbocycles. The lowest BCUT2D eigenvalue weighted by Crippen LogP contribution is -2.19. The molecule has 1 N–H and O–H groups in total. The average Bonchev–Trinajstić information content (AvgIpc) is 3.17. The Bertz CT molecular complexity index is 1270. The highest BCUT2D eigenvalue weighted by molar-refractivity contribution is 7.98. The Balaban J connectivity index is 1.67. The molecule has 4 heterocycles. The molecule has 0 aliphatic rings. The van der Waals surface area contributed by atoms with Crippen molar-refractivity contribution in [2.45, 2.75) is 17.8 Å². The van der Waals surface area contributed by atoms with E-state index in [4.69, 9.17) is 5.26 Å². The zero-order valence-corrected chi connectivity index (χ0v) is 14.4. The van der Waals surface area contributed by atoms with Gasteiger partial charge in [0.2, 0.25) is 0 Å². The van der Waals surface area contributed by atoms with E-state index in [0.29, 0.717) is 21.6 Å². The van der Waals surface area contributed by atoms with Crippen LogP contribution in [0.5, 0.6) is 0 Å². The molecule has 4 aromatic heterocycles. The van der Waals surface area contributed by atoms with Gasteiger partial charge in [-0.3, -0.25) is 14.2 Å². The van der Waals surface area contributed by atoms with Crippen LogP contribution in [0.15, 0.2) is 32.4 Å². The molecule has 0 aromatic carbocycles. The van der Waals surface area contributed by atoms with Crippen molar-refractivity contribution in [1.29, 1.82) is 5.26 Å². The summed E-state index contributed by atoms with van der Waals surface area (Å²) in [5.41, 5.74) is 1.24. The second-order valence-electron chi connectivity index (χ2n) is 5.12. The van der Waals surface area contributed by atoms with Crippen molar-refractivity contribution >= 4 is 33.7 Å². The fourth-order valence-electron chi connectivity index (χ4n) is 2.33. The van der Waals surface area contributed by atoms with Crippen LogP contribution in [0.4, 0.5) is 0 Å². The number of nitriles is 1. The summed E-state index contributed by atoms with van der Waals surface area (Å²) in [7, 11) is 0. The molecule has 0 radical (unpaired) electrons. The van der Waals surface area contributed by atoms with Gasteiger partial charge in [-0.05, 0) is 6.92 Å². The summed E-state index contributed by atoms with van der Waals surface area (Å²) >= 11 is 2.62.